The molecule has 0 bridgehead atoms. The van der Waals surface area contributed by atoms with Crippen LogP contribution in [0.2, 0.25) is 0 Å². The smallest absolute Gasteiger partial charge is 0.416 e. The Bertz CT molecular complexity index is 1660. The van der Waals surface area contributed by atoms with Gasteiger partial charge in [-0.05, 0) is 57.4 Å². The minimum Gasteiger partial charge on any atom is -0.463 e. The number of carbonyl (C=O) groups is 2. The van der Waals surface area contributed by atoms with E-state index in [9.17, 15) is 22.8 Å². The largest absolute Gasteiger partial charge is 0.463 e. The lowest BCUT2D eigenvalue weighted by atomic mass is 9.80. The van der Waals surface area contributed by atoms with E-state index >= 15 is 0 Å². The van der Waals surface area contributed by atoms with E-state index in [1.807, 2.05) is 0 Å². The van der Waals surface area contributed by atoms with Gasteiger partial charge in [-0.2, -0.15) is 13.2 Å². The van der Waals surface area contributed by atoms with Crippen molar-refractivity contribution in [2.75, 3.05) is 45.9 Å². The number of hydrogen-bond donors (Lipinski definition) is 1. The monoisotopic (exact) mass is 675 g/mol. The fourth-order valence-corrected chi connectivity index (χ4v) is 6.67. The van der Waals surface area contributed by atoms with Crippen LogP contribution in [0.25, 0.3) is 0 Å². The fourth-order valence-electron chi connectivity index (χ4n) is 6.67. The number of alkyl halides is 3. The summed E-state index contributed by atoms with van der Waals surface area (Å²) in [5.41, 5.74) is 5.15. The predicted molar refractivity (Wildman–Crippen MR) is 183 cm³/mol. The molecule has 0 saturated carbocycles. The molecular formula is C39H44F3N3O4. The maximum atomic E-state index is 13.7. The second-order valence-corrected chi connectivity index (χ2v) is 12.7. The van der Waals surface area contributed by atoms with Crippen LogP contribution in [-0.2, 0) is 25.2 Å². The summed E-state index contributed by atoms with van der Waals surface area (Å²) in [6, 6.07) is 22.2. The van der Waals surface area contributed by atoms with Gasteiger partial charge in [0.2, 0.25) is 0 Å². The van der Waals surface area contributed by atoms with E-state index in [1.165, 1.54) is 34.4 Å². The Balaban J connectivity index is 1.28. The van der Waals surface area contributed by atoms with Crippen LogP contribution in [0.3, 0.4) is 0 Å². The molecule has 0 aromatic heterocycles. The van der Waals surface area contributed by atoms with Crippen molar-refractivity contribution in [3.63, 3.8) is 0 Å². The minimum absolute atomic E-state index is 0.0669. The number of esters is 2. The van der Waals surface area contributed by atoms with Crippen molar-refractivity contribution in [3.05, 3.63) is 129 Å². The molecule has 7 nitrogen and oxygen atoms in total. The summed E-state index contributed by atoms with van der Waals surface area (Å²) in [6.07, 6.45) is -4.60. The normalized spacial score (nSPS) is 17.7. The quantitative estimate of drug-likeness (QED) is 0.231. The number of dihydropyridines is 1. The standard InChI is InChI=1S/C39H44F3N3O4/c1-6-48-37(46)33-27(4)43-28(5)34(35(33)31-8-7-9-32(24-31)39(40,41)42)38(47)49-23-22-44-18-20-45(21-19-44)36(29-14-10-25(2)11-15-29)30-16-12-26(3)13-17-30/h7-17,24,35-36,43H,6,18-23H2,1-5H3. The van der Waals surface area contributed by atoms with Gasteiger partial charge in [0.25, 0.3) is 0 Å². The molecular weight excluding hydrogens is 631 g/mol. The number of carbonyl (C=O) groups excluding carboxylic acids is 2. The zero-order valence-corrected chi connectivity index (χ0v) is 28.7. The molecule has 0 amide bonds. The zero-order chi connectivity index (χ0) is 35.3. The summed E-state index contributed by atoms with van der Waals surface area (Å²) >= 11 is 0. The molecule has 1 N–H and O–H groups in total. The van der Waals surface area contributed by atoms with Crippen molar-refractivity contribution in [1.29, 1.82) is 0 Å². The molecule has 3 aromatic rings. The number of halogens is 3. The highest BCUT2D eigenvalue weighted by atomic mass is 19.4. The van der Waals surface area contributed by atoms with Gasteiger partial charge in [-0.1, -0.05) is 77.9 Å². The number of allylic oxidation sites excluding steroid dienone is 2. The number of nitrogens with one attached hydrogen (secondary N) is 1. The third kappa shape index (κ3) is 8.43. The van der Waals surface area contributed by atoms with Crippen LogP contribution in [0, 0.1) is 13.8 Å². The molecule has 5 rings (SSSR count). The Morgan fingerprint density at radius 1 is 0.796 bits per heavy atom. The molecule has 260 valence electrons. The van der Waals surface area contributed by atoms with Crippen molar-refractivity contribution in [1.82, 2.24) is 15.1 Å². The molecule has 2 heterocycles. The van der Waals surface area contributed by atoms with Crippen LogP contribution in [0.4, 0.5) is 13.2 Å². The molecule has 2 aliphatic rings. The molecule has 0 aliphatic carbocycles. The van der Waals surface area contributed by atoms with Crippen molar-refractivity contribution in [3.8, 4) is 0 Å². The third-order valence-electron chi connectivity index (χ3n) is 9.22. The molecule has 1 saturated heterocycles. The first-order valence-electron chi connectivity index (χ1n) is 16.7. The van der Waals surface area contributed by atoms with Gasteiger partial charge in [0.1, 0.15) is 6.61 Å². The van der Waals surface area contributed by atoms with E-state index in [0.717, 1.165) is 38.3 Å². The number of aryl methyl sites for hydroxylation is 2. The zero-order valence-electron chi connectivity index (χ0n) is 28.7. The molecule has 2 aliphatic heterocycles. The average Bonchev–Trinajstić information content (AvgIpc) is 3.06. The maximum absolute atomic E-state index is 13.7. The summed E-state index contributed by atoms with van der Waals surface area (Å²) < 4.78 is 52.2. The van der Waals surface area contributed by atoms with Gasteiger partial charge in [0.15, 0.2) is 0 Å². The average molecular weight is 676 g/mol. The number of rotatable bonds is 10. The van der Waals surface area contributed by atoms with Crippen molar-refractivity contribution in [2.24, 2.45) is 0 Å². The number of benzene rings is 3. The Morgan fingerprint density at radius 3 is 1.84 bits per heavy atom. The van der Waals surface area contributed by atoms with E-state index in [0.29, 0.717) is 17.9 Å². The lowest BCUT2D eigenvalue weighted by molar-refractivity contribution is -0.140. The highest BCUT2D eigenvalue weighted by Crippen LogP contribution is 2.41. The first-order chi connectivity index (χ1) is 23.4. The molecule has 49 heavy (non-hydrogen) atoms. The van der Waals surface area contributed by atoms with Gasteiger partial charge in [-0.25, -0.2) is 9.59 Å². The summed E-state index contributed by atoms with van der Waals surface area (Å²) in [6.45, 7) is 12.9. The molecule has 3 aromatic carbocycles. The van der Waals surface area contributed by atoms with Gasteiger partial charge < -0.3 is 14.8 Å². The number of ether oxygens (including phenoxy) is 2. The lowest BCUT2D eigenvalue weighted by Gasteiger charge is -2.39. The molecule has 0 radical (unpaired) electrons. The molecule has 0 spiro atoms. The predicted octanol–water partition coefficient (Wildman–Crippen LogP) is 7.07. The second-order valence-electron chi connectivity index (χ2n) is 12.7. The second kappa shape index (κ2) is 15.4. The SMILES string of the molecule is CCOC(=O)C1=C(C)NC(C)=C(C(=O)OCCN2CCN(C(c3ccc(C)cc3)c3ccc(C)cc3)CC2)C1c1cccc(C(F)(F)F)c1. The van der Waals surface area contributed by atoms with E-state index < -0.39 is 29.6 Å². The van der Waals surface area contributed by atoms with Crippen LogP contribution in [-0.4, -0.2) is 67.7 Å². The number of hydrogen-bond acceptors (Lipinski definition) is 7. The molecule has 1 unspecified atom stereocenters. The van der Waals surface area contributed by atoms with Crippen molar-refractivity contribution < 1.29 is 32.2 Å². The van der Waals surface area contributed by atoms with Crippen LogP contribution in [0.1, 0.15) is 66.1 Å². The topological polar surface area (TPSA) is 71.1 Å². The first-order valence-corrected chi connectivity index (χ1v) is 16.7. The Hall–Kier alpha value is -4.41. The molecule has 1 fully saturated rings. The lowest BCUT2D eigenvalue weighted by Crippen LogP contribution is -2.48. The number of piperazine rings is 1. The van der Waals surface area contributed by atoms with E-state index in [1.54, 1.807) is 20.8 Å². The van der Waals surface area contributed by atoms with Gasteiger partial charge >= 0.3 is 18.1 Å². The van der Waals surface area contributed by atoms with Gasteiger partial charge in [-0.3, -0.25) is 9.80 Å². The Labute approximate surface area is 286 Å². The van der Waals surface area contributed by atoms with E-state index in [2.05, 4.69) is 77.5 Å². The van der Waals surface area contributed by atoms with E-state index in [-0.39, 0.29) is 36.0 Å². The fraction of sp³-hybridized carbons (Fsp3) is 0.385. The molecule has 1 atom stereocenters. The summed E-state index contributed by atoms with van der Waals surface area (Å²) in [7, 11) is 0. The highest BCUT2D eigenvalue weighted by molar-refractivity contribution is 5.99. The summed E-state index contributed by atoms with van der Waals surface area (Å²) in [4.78, 5) is 31.6. The van der Waals surface area contributed by atoms with E-state index in [4.69, 9.17) is 9.47 Å². The third-order valence-corrected chi connectivity index (χ3v) is 9.22. The van der Waals surface area contributed by atoms with Gasteiger partial charge in [0.05, 0.1) is 35.3 Å². The summed E-state index contributed by atoms with van der Waals surface area (Å²) in [5, 5.41) is 3.05. The van der Waals surface area contributed by atoms with Crippen LogP contribution < -0.4 is 5.32 Å². The number of nitrogens with zero attached hydrogens (tertiary/aromatic N) is 2. The highest BCUT2D eigenvalue weighted by Gasteiger charge is 2.39. The Morgan fingerprint density at radius 2 is 1.33 bits per heavy atom. The first kappa shape index (κ1) is 35.9. The van der Waals surface area contributed by atoms with Crippen molar-refractivity contribution in [2.45, 2.75) is 52.8 Å². The molecule has 10 heteroatoms. The summed E-state index contributed by atoms with van der Waals surface area (Å²) in [5.74, 6) is -2.50. The maximum Gasteiger partial charge on any atom is 0.416 e. The van der Waals surface area contributed by atoms with Crippen LogP contribution in [0.5, 0.6) is 0 Å². The van der Waals surface area contributed by atoms with Gasteiger partial charge in [0, 0.05) is 44.1 Å². The van der Waals surface area contributed by atoms with Crippen LogP contribution in [0.15, 0.2) is 95.3 Å². The minimum atomic E-state index is -4.60. The Kier molecular flexibility index (Phi) is 11.3. The van der Waals surface area contributed by atoms with Gasteiger partial charge in [-0.15, -0.1) is 0 Å². The van der Waals surface area contributed by atoms with Crippen molar-refractivity contribution >= 4 is 11.9 Å². The van der Waals surface area contributed by atoms with Crippen LogP contribution >= 0.6 is 0 Å².